The summed E-state index contributed by atoms with van der Waals surface area (Å²) < 4.78 is 5.89. The second kappa shape index (κ2) is 7.02. The summed E-state index contributed by atoms with van der Waals surface area (Å²) in [5.41, 5.74) is 1.07. The van der Waals surface area contributed by atoms with Gasteiger partial charge in [-0.25, -0.2) is 0 Å². The lowest BCUT2D eigenvalue weighted by molar-refractivity contribution is -0.154. The van der Waals surface area contributed by atoms with E-state index in [1.54, 1.807) is 11.0 Å². The molecule has 0 aliphatic carbocycles. The maximum absolute atomic E-state index is 13.2. The molecule has 7 heteroatoms. The molecule has 0 radical (unpaired) electrons. The van der Waals surface area contributed by atoms with Gasteiger partial charge in [0.15, 0.2) is 0 Å². The summed E-state index contributed by atoms with van der Waals surface area (Å²) in [6.07, 6.45) is 0. The van der Waals surface area contributed by atoms with Gasteiger partial charge in [0.2, 0.25) is 0 Å². The van der Waals surface area contributed by atoms with Gasteiger partial charge in [0.1, 0.15) is 5.75 Å². The highest BCUT2D eigenvalue weighted by Gasteiger charge is 2.49. The number of anilines is 2. The second-order valence-electron chi connectivity index (χ2n) is 7.35. The van der Waals surface area contributed by atoms with Gasteiger partial charge < -0.3 is 19.9 Å². The predicted molar refractivity (Wildman–Crippen MR) is 109 cm³/mol. The largest absolute Gasteiger partial charge is 0.466 e. The number of carbonyl (C=O) groups excluding carboxylic acids is 2. The van der Waals surface area contributed by atoms with Crippen molar-refractivity contribution >= 4 is 34.8 Å². The molecule has 2 aromatic rings. The number of fused-ring (bicyclic) bond motifs is 1. The van der Waals surface area contributed by atoms with Gasteiger partial charge in [-0.2, -0.15) is 0 Å². The van der Waals surface area contributed by atoms with Gasteiger partial charge in [-0.05, 0) is 49.7 Å². The Bertz CT molecular complexity index is 940. The van der Waals surface area contributed by atoms with Crippen LogP contribution in [-0.2, 0) is 9.59 Å². The number of benzene rings is 2. The Kier molecular flexibility index (Phi) is 4.67. The smallest absolute Gasteiger partial charge is 0.278 e. The fourth-order valence-electron chi connectivity index (χ4n) is 3.62. The summed E-state index contributed by atoms with van der Waals surface area (Å²) in [4.78, 5) is 29.7. The monoisotopic (exact) mass is 399 g/mol. The topological polar surface area (TPSA) is 61.9 Å². The molecule has 2 aliphatic heterocycles. The normalized spacial score (nSPS) is 21.6. The van der Waals surface area contributed by atoms with E-state index in [1.807, 2.05) is 43.3 Å². The van der Waals surface area contributed by atoms with Gasteiger partial charge in [0, 0.05) is 36.9 Å². The minimum atomic E-state index is -1.57. The summed E-state index contributed by atoms with van der Waals surface area (Å²) in [5.74, 6) is -0.242. The summed E-state index contributed by atoms with van der Waals surface area (Å²) in [6, 6.07) is 13.2. The van der Waals surface area contributed by atoms with E-state index in [1.165, 1.54) is 6.92 Å². The molecule has 0 spiro atoms. The first-order valence-corrected chi connectivity index (χ1v) is 9.65. The van der Waals surface area contributed by atoms with Crippen LogP contribution < -0.4 is 15.0 Å². The van der Waals surface area contributed by atoms with Gasteiger partial charge in [0.05, 0.1) is 5.69 Å². The Morgan fingerprint density at radius 1 is 1.14 bits per heavy atom. The van der Waals surface area contributed by atoms with E-state index in [4.69, 9.17) is 16.3 Å². The van der Waals surface area contributed by atoms with Crippen LogP contribution in [0.4, 0.5) is 11.4 Å². The zero-order valence-electron chi connectivity index (χ0n) is 15.9. The molecule has 1 atom stereocenters. The first-order valence-electron chi connectivity index (χ1n) is 9.28. The Hall–Kier alpha value is -2.73. The van der Waals surface area contributed by atoms with E-state index < -0.39 is 11.5 Å². The van der Waals surface area contributed by atoms with E-state index >= 15 is 0 Å². The van der Waals surface area contributed by atoms with Crippen molar-refractivity contribution in [2.24, 2.45) is 0 Å². The molecule has 0 saturated carbocycles. The van der Waals surface area contributed by atoms with Crippen LogP contribution in [0.15, 0.2) is 42.5 Å². The number of halogens is 1. The Morgan fingerprint density at radius 3 is 2.61 bits per heavy atom. The third-order valence-corrected chi connectivity index (χ3v) is 5.51. The van der Waals surface area contributed by atoms with Crippen LogP contribution in [-0.4, -0.2) is 48.5 Å². The van der Waals surface area contributed by atoms with Crippen molar-refractivity contribution < 1.29 is 14.3 Å². The maximum atomic E-state index is 13.2. The second-order valence-corrected chi connectivity index (χ2v) is 7.78. The predicted octanol–water partition coefficient (Wildman–Crippen LogP) is 3.09. The average Bonchev–Trinajstić information content (AvgIpc) is 2.69. The van der Waals surface area contributed by atoms with Gasteiger partial charge in [-0.3, -0.25) is 9.59 Å². The number of nitrogens with one attached hydrogen (secondary N) is 1. The molecule has 1 fully saturated rings. The molecule has 2 aliphatic rings. The number of carbonyl (C=O) groups is 2. The highest BCUT2D eigenvalue weighted by atomic mass is 35.5. The van der Waals surface area contributed by atoms with E-state index in [-0.39, 0.29) is 5.91 Å². The lowest BCUT2D eigenvalue weighted by atomic mass is 9.99. The molecular formula is C21H22ClN3O3. The Morgan fingerprint density at radius 2 is 1.89 bits per heavy atom. The van der Waals surface area contributed by atoms with Gasteiger partial charge in [-0.1, -0.05) is 23.7 Å². The molecule has 0 bridgehead atoms. The molecule has 146 valence electrons. The maximum Gasteiger partial charge on any atom is 0.278 e. The lowest BCUT2D eigenvalue weighted by Gasteiger charge is -2.41. The molecule has 2 aromatic carbocycles. The van der Waals surface area contributed by atoms with E-state index in [9.17, 15) is 9.59 Å². The first-order chi connectivity index (χ1) is 13.4. The highest BCUT2D eigenvalue weighted by Crippen LogP contribution is 2.35. The third-order valence-electron chi connectivity index (χ3n) is 5.28. The van der Waals surface area contributed by atoms with Gasteiger partial charge >= 0.3 is 0 Å². The van der Waals surface area contributed by atoms with Crippen molar-refractivity contribution in [1.29, 1.82) is 0 Å². The molecule has 0 aromatic heterocycles. The van der Waals surface area contributed by atoms with Gasteiger partial charge in [-0.15, -0.1) is 0 Å². The van der Waals surface area contributed by atoms with Crippen molar-refractivity contribution in [2.45, 2.75) is 19.4 Å². The molecule has 28 heavy (non-hydrogen) atoms. The van der Waals surface area contributed by atoms with Crippen molar-refractivity contribution in [1.82, 2.24) is 4.90 Å². The van der Waals surface area contributed by atoms with Crippen molar-refractivity contribution in [3.8, 4) is 5.75 Å². The first kappa shape index (κ1) is 18.6. The zero-order valence-corrected chi connectivity index (χ0v) is 16.6. The van der Waals surface area contributed by atoms with Crippen LogP contribution in [0.25, 0.3) is 0 Å². The number of amides is 2. The standard InChI is InChI=1S/C21H22ClN3O3/c1-14-6-7-18-17(12-14)23-19(26)21(2,28-18)20(27)25-10-8-24(9-11-25)16-5-3-4-15(22)13-16/h3-7,12-13H,8-11H2,1-2H3,(H,23,26). The number of hydrogen-bond acceptors (Lipinski definition) is 4. The summed E-state index contributed by atoms with van der Waals surface area (Å²) in [7, 11) is 0. The van der Waals surface area contributed by atoms with Crippen LogP contribution in [0.2, 0.25) is 5.02 Å². The molecule has 1 unspecified atom stereocenters. The fourth-order valence-corrected chi connectivity index (χ4v) is 3.81. The van der Waals surface area contributed by atoms with E-state index in [0.29, 0.717) is 42.6 Å². The minimum absolute atomic E-state index is 0.318. The van der Waals surface area contributed by atoms with Crippen LogP contribution in [0, 0.1) is 6.92 Å². The van der Waals surface area contributed by atoms with Crippen LogP contribution in [0.5, 0.6) is 5.75 Å². The Labute approximate surface area is 169 Å². The molecule has 6 nitrogen and oxygen atoms in total. The lowest BCUT2D eigenvalue weighted by Crippen LogP contribution is -2.62. The summed E-state index contributed by atoms with van der Waals surface area (Å²) in [5, 5.41) is 3.50. The van der Waals surface area contributed by atoms with Crippen LogP contribution in [0.3, 0.4) is 0 Å². The Balaban J connectivity index is 1.47. The van der Waals surface area contributed by atoms with Crippen molar-refractivity contribution in [2.75, 3.05) is 36.4 Å². The fraction of sp³-hybridized carbons (Fsp3) is 0.333. The van der Waals surface area contributed by atoms with Crippen molar-refractivity contribution in [3.63, 3.8) is 0 Å². The third kappa shape index (κ3) is 3.29. The number of hydrogen-bond donors (Lipinski definition) is 1. The van der Waals surface area contributed by atoms with Crippen LogP contribution >= 0.6 is 11.6 Å². The van der Waals surface area contributed by atoms with Crippen molar-refractivity contribution in [3.05, 3.63) is 53.1 Å². The van der Waals surface area contributed by atoms with E-state index in [2.05, 4.69) is 10.2 Å². The molecule has 1 N–H and O–H groups in total. The SMILES string of the molecule is Cc1ccc2c(c1)NC(=O)C(C)(C(=O)N1CCN(c3cccc(Cl)c3)CC1)O2. The number of ether oxygens (including phenoxy) is 1. The highest BCUT2D eigenvalue weighted by molar-refractivity contribution is 6.30. The summed E-state index contributed by atoms with van der Waals surface area (Å²) in [6.45, 7) is 5.83. The van der Waals surface area contributed by atoms with Crippen LogP contribution in [0.1, 0.15) is 12.5 Å². The molecule has 2 heterocycles. The molecule has 1 saturated heterocycles. The molecule has 2 amide bonds. The van der Waals surface area contributed by atoms with E-state index in [0.717, 1.165) is 11.3 Å². The zero-order chi connectivity index (χ0) is 19.9. The quantitative estimate of drug-likeness (QED) is 0.788. The number of piperazine rings is 1. The average molecular weight is 400 g/mol. The number of nitrogens with zero attached hydrogens (tertiary/aromatic N) is 2. The number of aryl methyl sites for hydroxylation is 1. The van der Waals surface area contributed by atoms with Gasteiger partial charge in [0.25, 0.3) is 17.4 Å². The molecule has 4 rings (SSSR count). The minimum Gasteiger partial charge on any atom is -0.466 e. The summed E-state index contributed by atoms with van der Waals surface area (Å²) >= 11 is 6.08. The number of rotatable bonds is 2. The molecular weight excluding hydrogens is 378 g/mol.